The molecule has 0 aromatic rings. The summed E-state index contributed by atoms with van der Waals surface area (Å²) in [5.41, 5.74) is 9.24. The Balaban J connectivity index is -0.0000000450. The molecule has 40 valence electrons. The predicted octanol–water partition coefficient (Wildman–Crippen LogP) is -0.487. The minimum absolute atomic E-state index is 0. The molecule has 0 rings (SSSR count). The van der Waals surface area contributed by atoms with E-state index in [-0.39, 0.29) is 17.4 Å². The maximum Gasteiger partial charge on any atom is 0.160 e. The molecular formula is CH10N4S. The molecule has 0 fully saturated rings. The lowest BCUT2D eigenvalue weighted by atomic mass is 11.3. The zero-order chi connectivity index (χ0) is 3.58. The van der Waals surface area contributed by atoms with Gasteiger partial charge in [0.2, 0.25) is 0 Å². The number of hydrogen-bond donors (Lipinski definition) is 4. The van der Waals surface area contributed by atoms with E-state index < -0.39 is 0 Å². The Labute approximate surface area is 42.0 Å². The van der Waals surface area contributed by atoms with Crippen molar-refractivity contribution in [3.63, 3.8) is 0 Å². The molecule has 0 aliphatic rings. The van der Waals surface area contributed by atoms with Crippen LogP contribution in [0.1, 0.15) is 0 Å². The normalized spacial score (nSPS) is 4.00. The molecule has 0 spiro atoms. The van der Waals surface area contributed by atoms with Gasteiger partial charge in [-0.25, -0.2) is 0 Å². The van der Waals surface area contributed by atoms with Crippen molar-refractivity contribution < 1.29 is 0 Å². The van der Waals surface area contributed by atoms with Gasteiger partial charge in [0.1, 0.15) is 0 Å². The average molecular weight is 110 g/mol. The van der Waals surface area contributed by atoms with Crippen molar-refractivity contribution >= 4 is 17.3 Å². The predicted molar refractivity (Wildman–Crippen MR) is 31.0 cm³/mol. The summed E-state index contributed by atoms with van der Waals surface area (Å²) in [4.78, 5) is 0. The van der Waals surface area contributed by atoms with E-state index in [9.17, 15) is 0 Å². The van der Waals surface area contributed by atoms with E-state index in [1.165, 1.54) is 0 Å². The summed E-state index contributed by atoms with van der Waals surface area (Å²) in [6.07, 6.45) is 0. The first-order valence-corrected chi connectivity index (χ1v) is 1.19. The second-order valence-electron chi connectivity index (χ2n) is 0.402. The molecule has 0 atom stereocenters. The molecule has 0 aromatic carbocycles. The van der Waals surface area contributed by atoms with E-state index in [1.54, 1.807) is 0 Å². The first-order chi connectivity index (χ1) is 1.73. The molecule has 0 saturated heterocycles. The molecule has 0 amide bonds. The number of nitrogens with two attached hydrogens (primary N) is 2. The third-order valence-electron chi connectivity index (χ3n) is 0. The van der Waals surface area contributed by atoms with Crippen LogP contribution < -0.4 is 23.8 Å². The third kappa shape index (κ3) is 162. The molecule has 0 saturated carbocycles. The molecule has 10 N–H and O–H groups in total. The number of thiocarbonyl (C=S) groups is 1. The Bertz CT molecular complexity index is 30.5. The Morgan fingerprint density at radius 1 is 1.17 bits per heavy atom. The Hall–Kier alpha value is -0.390. The van der Waals surface area contributed by atoms with E-state index in [2.05, 4.69) is 23.7 Å². The SMILES string of the molecule is N.N.NC(N)=S. The van der Waals surface area contributed by atoms with Crippen LogP contribution in [0.4, 0.5) is 0 Å². The summed E-state index contributed by atoms with van der Waals surface area (Å²) in [6.45, 7) is 0. The van der Waals surface area contributed by atoms with Crippen LogP contribution in [-0.4, -0.2) is 5.11 Å². The maximum atomic E-state index is 4.62. The minimum Gasteiger partial charge on any atom is -0.377 e. The van der Waals surface area contributed by atoms with Crippen LogP contribution in [0, 0.1) is 0 Å². The Morgan fingerprint density at radius 2 is 1.17 bits per heavy atom. The van der Waals surface area contributed by atoms with Crippen molar-refractivity contribution in [3.8, 4) is 0 Å². The van der Waals surface area contributed by atoms with Gasteiger partial charge in [-0.3, -0.25) is 0 Å². The summed E-state index contributed by atoms with van der Waals surface area (Å²) in [5, 5.41) is 0.000000000000000222. The van der Waals surface area contributed by atoms with Crippen molar-refractivity contribution in [1.29, 1.82) is 0 Å². The molecule has 0 bridgehead atoms. The van der Waals surface area contributed by atoms with Gasteiger partial charge in [-0.1, -0.05) is 0 Å². The molecule has 0 radical (unpaired) electrons. The summed E-state index contributed by atoms with van der Waals surface area (Å²) in [5.74, 6) is 0. The summed E-state index contributed by atoms with van der Waals surface area (Å²) in [6, 6.07) is 0. The first-order valence-electron chi connectivity index (χ1n) is 0.781. The summed E-state index contributed by atoms with van der Waals surface area (Å²) < 4.78 is 0. The van der Waals surface area contributed by atoms with Crippen molar-refractivity contribution in [3.05, 3.63) is 0 Å². The molecule has 0 aliphatic carbocycles. The van der Waals surface area contributed by atoms with E-state index >= 15 is 0 Å². The largest absolute Gasteiger partial charge is 0.377 e. The third-order valence-corrected chi connectivity index (χ3v) is 0. The second kappa shape index (κ2) is 8.82. The highest BCUT2D eigenvalue weighted by Gasteiger charge is 1.53. The molecule has 0 aromatic heterocycles. The van der Waals surface area contributed by atoms with E-state index in [0.717, 1.165) is 0 Å². The lowest BCUT2D eigenvalue weighted by molar-refractivity contribution is 1.65. The topological polar surface area (TPSA) is 122 Å². The smallest absolute Gasteiger partial charge is 0.160 e. The van der Waals surface area contributed by atoms with Gasteiger partial charge >= 0.3 is 0 Å². The average Bonchev–Trinajstić information content (AvgIpc) is 0.811. The lowest BCUT2D eigenvalue weighted by Gasteiger charge is -1.68. The van der Waals surface area contributed by atoms with Gasteiger partial charge in [-0.05, 0) is 12.2 Å². The van der Waals surface area contributed by atoms with Crippen LogP contribution in [0.15, 0.2) is 0 Å². The van der Waals surface area contributed by atoms with Gasteiger partial charge in [0.15, 0.2) is 5.11 Å². The minimum atomic E-state index is 0. The standard InChI is InChI=1S/CH4N2S.2H3N/c2-1(3)4;;/h(H4,2,3,4);2*1H3. The van der Waals surface area contributed by atoms with Crippen LogP contribution in [0.25, 0.3) is 0 Å². The second-order valence-corrected chi connectivity index (χ2v) is 0.874. The Morgan fingerprint density at radius 3 is 1.17 bits per heavy atom. The highest BCUT2D eigenvalue weighted by atomic mass is 32.1. The quantitative estimate of drug-likeness (QED) is 0.313. The van der Waals surface area contributed by atoms with Crippen molar-refractivity contribution in [1.82, 2.24) is 12.3 Å². The number of rotatable bonds is 0. The van der Waals surface area contributed by atoms with Crippen LogP contribution in [0.2, 0.25) is 0 Å². The molecule has 6 heavy (non-hydrogen) atoms. The van der Waals surface area contributed by atoms with Crippen LogP contribution in [-0.2, 0) is 0 Å². The van der Waals surface area contributed by atoms with Gasteiger partial charge in [0, 0.05) is 0 Å². The van der Waals surface area contributed by atoms with Gasteiger partial charge in [-0.15, -0.1) is 0 Å². The van der Waals surface area contributed by atoms with Crippen LogP contribution >= 0.6 is 12.2 Å². The van der Waals surface area contributed by atoms with Gasteiger partial charge in [0.05, 0.1) is 0 Å². The Kier molecular flexibility index (Phi) is 25.7. The summed E-state index contributed by atoms with van der Waals surface area (Å²) in [7, 11) is 0. The van der Waals surface area contributed by atoms with Gasteiger partial charge in [0.25, 0.3) is 0 Å². The first kappa shape index (κ1) is 17.5. The molecule has 0 aliphatic heterocycles. The highest BCUT2D eigenvalue weighted by molar-refractivity contribution is 7.80. The lowest BCUT2D eigenvalue weighted by Crippen LogP contribution is -2.18. The monoisotopic (exact) mass is 110 g/mol. The van der Waals surface area contributed by atoms with Crippen LogP contribution in [0.3, 0.4) is 0 Å². The van der Waals surface area contributed by atoms with Gasteiger partial charge in [-0.2, -0.15) is 0 Å². The van der Waals surface area contributed by atoms with Gasteiger partial charge < -0.3 is 23.8 Å². The van der Waals surface area contributed by atoms with E-state index in [0.29, 0.717) is 0 Å². The maximum absolute atomic E-state index is 4.62. The number of hydrogen-bond acceptors (Lipinski definition) is 3. The molecule has 0 unspecified atom stereocenters. The summed E-state index contributed by atoms with van der Waals surface area (Å²) >= 11 is 4.09. The van der Waals surface area contributed by atoms with Crippen LogP contribution in [0.5, 0.6) is 0 Å². The molecule has 5 heteroatoms. The van der Waals surface area contributed by atoms with Crippen molar-refractivity contribution in [2.75, 3.05) is 0 Å². The fraction of sp³-hybridized carbons (Fsp3) is 0. The molecule has 4 nitrogen and oxygen atoms in total. The fourth-order valence-electron chi connectivity index (χ4n) is 0. The zero-order valence-corrected chi connectivity index (χ0v) is 4.29. The van der Waals surface area contributed by atoms with E-state index in [1.807, 2.05) is 0 Å². The van der Waals surface area contributed by atoms with Crippen molar-refractivity contribution in [2.45, 2.75) is 0 Å². The molecule has 0 heterocycles. The van der Waals surface area contributed by atoms with E-state index in [4.69, 9.17) is 0 Å². The molecular weight excluding hydrogens is 100 g/mol. The fourth-order valence-corrected chi connectivity index (χ4v) is 0. The zero-order valence-electron chi connectivity index (χ0n) is 3.48. The highest BCUT2D eigenvalue weighted by Crippen LogP contribution is 1.32. The van der Waals surface area contributed by atoms with Crippen molar-refractivity contribution in [2.24, 2.45) is 11.5 Å².